The zero-order chi connectivity index (χ0) is 8.81. The van der Waals surface area contributed by atoms with E-state index >= 15 is 0 Å². The summed E-state index contributed by atoms with van der Waals surface area (Å²) < 4.78 is 0. The molecule has 0 spiro atoms. The molecule has 1 aliphatic carbocycles. The molecule has 1 nitrogen and oxygen atoms in total. The van der Waals surface area contributed by atoms with Crippen molar-refractivity contribution in [3.05, 3.63) is 24.9 Å². The summed E-state index contributed by atoms with van der Waals surface area (Å²) in [5, 5.41) is 0. The number of hydrogen-bond donors (Lipinski definition) is 0. The first-order chi connectivity index (χ1) is 5.84. The van der Waals surface area contributed by atoms with Crippen molar-refractivity contribution in [1.82, 2.24) is 4.90 Å². The normalized spacial score (nSPS) is 19.8. The molecule has 1 saturated carbocycles. The SMILES string of the molecule is C=C/C=C\N(C)C1CCCCC1. The molecule has 1 heteroatoms. The van der Waals surface area contributed by atoms with Crippen LogP contribution < -0.4 is 0 Å². The molecule has 0 atom stereocenters. The summed E-state index contributed by atoms with van der Waals surface area (Å²) in [6.45, 7) is 3.66. The minimum Gasteiger partial charge on any atom is -0.377 e. The van der Waals surface area contributed by atoms with E-state index in [9.17, 15) is 0 Å². The number of allylic oxidation sites excluding steroid dienone is 2. The molecule has 12 heavy (non-hydrogen) atoms. The summed E-state index contributed by atoms with van der Waals surface area (Å²) in [5.74, 6) is 0. The lowest BCUT2D eigenvalue weighted by Gasteiger charge is -2.30. The maximum Gasteiger partial charge on any atom is 0.0281 e. The fraction of sp³-hybridized carbons (Fsp3) is 0.636. The van der Waals surface area contributed by atoms with Crippen LogP contribution in [0.4, 0.5) is 0 Å². The second-order valence-corrected chi connectivity index (χ2v) is 3.53. The van der Waals surface area contributed by atoms with Gasteiger partial charge in [-0.05, 0) is 25.1 Å². The van der Waals surface area contributed by atoms with Crippen molar-refractivity contribution in [3.63, 3.8) is 0 Å². The van der Waals surface area contributed by atoms with Crippen molar-refractivity contribution in [2.24, 2.45) is 0 Å². The Bertz CT molecular complexity index is 154. The average molecular weight is 165 g/mol. The van der Waals surface area contributed by atoms with Gasteiger partial charge < -0.3 is 4.90 Å². The minimum atomic E-state index is 0.773. The number of nitrogens with zero attached hydrogens (tertiary/aromatic N) is 1. The molecule has 0 amide bonds. The zero-order valence-corrected chi connectivity index (χ0v) is 8.00. The Balaban J connectivity index is 2.33. The number of rotatable bonds is 3. The first-order valence-electron chi connectivity index (χ1n) is 4.86. The van der Waals surface area contributed by atoms with Gasteiger partial charge in [0.15, 0.2) is 0 Å². The highest BCUT2D eigenvalue weighted by atomic mass is 15.1. The highest BCUT2D eigenvalue weighted by molar-refractivity contribution is 4.97. The standard InChI is InChI=1S/C11H19N/c1-3-4-10-12(2)11-8-6-5-7-9-11/h3-4,10-11H,1,5-9H2,2H3/b10-4-. The Hall–Kier alpha value is -0.720. The quantitative estimate of drug-likeness (QED) is 0.581. The lowest BCUT2D eigenvalue weighted by molar-refractivity contribution is 0.254. The molecule has 0 heterocycles. The first-order valence-corrected chi connectivity index (χ1v) is 4.86. The molecular weight excluding hydrogens is 146 g/mol. The van der Waals surface area contributed by atoms with Crippen molar-refractivity contribution < 1.29 is 0 Å². The molecule has 0 aromatic rings. The van der Waals surface area contributed by atoms with Crippen LogP contribution in [-0.4, -0.2) is 18.0 Å². The van der Waals surface area contributed by atoms with Crippen molar-refractivity contribution in [3.8, 4) is 0 Å². The smallest absolute Gasteiger partial charge is 0.0281 e. The van der Waals surface area contributed by atoms with E-state index in [1.807, 2.05) is 12.2 Å². The van der Waals surface area contributed by atoms with Gasteiger partial charge in [-0.15, -0.1) is 0 Å². The van der Waals surface area contributed by atoms with Crippen molar-refractivity contribution in [1.29, 1.82) is 0 Å². The van der Waals surface area contributed by atoms with Gasteiger partial charge in [-0.25, -0.2) is 0 Å². The fourth-order valence-corrected chi connectivity index (χ4v) is 1.81. The molecule has 1 fully saturated rings. The van der Waals surface area contributed by atoms with E-state index in [4.69, 9.17) is 0 Å². The van der Waals surface area contributed by atoms with Gasteiger partial charge in [-0.1, -0.05) is 31.9 Å². The molecule has 0 aliphatic heterocycles. The summed E-state index contributed by atoms with van der Waals surface area (Å²) >= 11 is 0. The van der Waals surface area contributed by atoms with Crippen molar-refractivity contribution in [2.45, 2.75) is 38.1 Å². The molecule has 0 aromatic heterocycles. The second kappa shape index (κ2) is 5.02. The van der Waals surface area contributed by atoms with Gasteiger partial charge in [-0.3, -0.25) is 0 Å². The predicted molar refractivity (Wildman–Crippen MR) is 54.0 cm³/mol. The maximum absolute atomic E-state index is 3.66. The van der Waals surface area contributed by atoms with Gasteiger partial charge in [0.2, 0.25) is 0 Å². The van der Waals surface area contributed by atoms with E-state index in [0.29, 0.717) is 0 Å². The Morgan fingerprint density at radius 3 is 2.50 bits per heavy atom. The molecule has 0 saturated heterocycles. The van der Waals surface area contributed by atoms with Gasteiger partial charge >= 0.3 is 0 Å². The third-order valence-corrected chi connectivity index (χ3v) is 2.61. The van der Waals surface area contributed by atoms with Gasteiger partial charge in [0.1, 0.15) is 0 Å². The summed E-state index contributed by atoms with van der Waals surface area (Å²) in [7, 11) is 2.16. The topological polar surface area (TPSA) is 3.24 Å². The van der Waals surface area contributed by atoms with Crippen LogP contribution >= 0.6 is 0 Å². The number of hydrogen-bond acceptors (Lipinski definition) is 1. The second-order valence-electron chi connectivity index (χ2n) is 3.53. The average Bonchev–Trinajstić information content (AvgIpc) is 2.15. The van der Waals surface area contributed by atoms with Crippen LogP contribution in [0.3, 0.4) is 0 Å². The highest BCUT2D eigenvalue weighted by Crippen LogP contribution is 2.21. The van der Waals surface area contributed by atoms with Gasteiger partial charge in [0, 0.05) is 13.1 Å². The van der Waals surface area contributed by atoms with E-state index in [1.54, 1.807) is 0 Å². The van der Waals surface area contributed by atoms with Gasteiger partial charge in [0.05, 0.1) is 0 Å². The summed E-state index contributed by atoms with van der Waals surface area (Å²) in [4.78, 5) is 2.32. The van der Waals surface area contributed by atoms with Crippen LogP contribution in [0, 0.1) is 0 Å². The van der Waals surface area contributed by atoms with E-state index in [2.05, 4.69) is 24.7 Å². The zero-order valence-electron chi connectivity index (χ0n) is 8.00. The van der Waals surface area contributed by atoms with E-state index in [1.165, 1.54) is 32.1 Å². The van der Waals surface area contributed by atoms with Crippen molar-refractivity contribution >= 4 is 0 Å². The van der Waals surface area contributed by atoms with Crippen LogP contribution in [0.2, 0.25) is 0 Å². The van der Waals surface area contributed by atoms with Gasteiger partial charge in [-0.2, -0.15) is 0 Å². The molecule has 0 unspecified atom stereocenters. The van der Waals surface area contributed by atoms with Crippen LogP contribution in [-0.2, 0) is 0 Å². The van der Waals surface area contributed by atoms with E-state index < -0.39 is 0 Å². The first kappa shape index (κ1) is 9.37. The van der Waals surface area contributed by atoms with Crippen LogP contribution in [0.15, 0.2) is 24.9 Å². The lowest BCUT2D eigenvalue weighted by Crippen LogP contribution is -2.28. The third-order valence-electron chi connectivity index (χ3n) is 2.61. The largest absolute Gasteiger partial charge is 0.377 e. The molecule has 1 rings (SSSR count). The molecule has 0 radical (unpaired) electrons. The van der Waals surface area contributed by atoms with E-state index in [-0.39, 0.29) is 0 Å². The lowest BCUT2D eigenvalue weighted by atomic mass is 9.95. The molecule has 68 valence electrons. The monoisotopic (exact) mass is 165 g/mol. The Kier molecular flexibility index (Phi) is 3.92. The van der Waals surface area contributed by atoms with Crippen LogP contribution in [0.25, 0.3) is 0 Å². The molecule has 0 aromatic carbocycles. The third kappa shape index (κ3) is 2.72. The molecular formula is C11H19N. The van der Waals surface area contributed by atoms with Crippen LogP contribution in [0.5, 0.6) is 0 Å². The fourth-order valence-electron chi connectivity index (χ4n) is 1.81. The molecule has 1 aliphatic rings. The Labute approximate surface area is 75.8 Å². The maximum atomic E-state index is 3.66. The summed E-state index contributed by atoms with van der Waals surface area (Å²) in [6, 6.07) is 0.773. The molecule has 0 bridgehead atoms. The summed E-state index contributed by atoms with van der Waals surface area (Å²) in [5.41, 5.74) is 0. The predicted octanol–water partition coefficient (Wildman–Crippen LogP) is 2.95. The Morgan fingerprint density at radius 2 is 1.92 bits per heavy atom. The van der Waals surface area contributed by atoms with Gasteiger partial charge in [0.25, 0.3) is 0 Å². The van der Waals surface area contributed by atoms with Crippen molar-refractivity contribution in [2.75, 3.05) is 7.05 Å². The molecule has 0 N–H and O–H groups in total. The highest BCUT2D eigenvalue weighted by Gasteiger charge is 2.14. The Morgan fingerprint density at radius 1 is 1.25 bits per heavy atom. The minimum absolute atomic E-state index is 0.773. The summed E-state index contributed by atoms with van der Waals surface area (Å²) in [6.07, 6.45) is 12.9. The van der Waals surface area contributed by atoms with Crippen LogP contribution in [0.1, 0.15) is 32.1 Å². The van der Waals surface area contributed by atoms with E-state index in [0.717, 1.165) is 6.04 Å².